The molecule has 2 aromatic rings. The third kappa shape index (κ3) is 3.50. The summed E-state index contributed by atoms with van der Waals surface area (Å²) in [7, 11) is 0. The molecule has 2 heterocycles. The van der Waals surface area contributed by atoms with Crippen LogP contribution in [0.15, 0.2) is 40.2 Å². The van der Waals surface area contributed by atoms with Gasteiger partial charge in [-0.2, -0.15) is 0 Å². The van der Waals surface area contributed by atoms with E-state index in [-0.39, 0.29) is 0 Å². The van der Waals surface area contributed by atoms with E-state index in [0.717, 1.165) is 31.7 Å². The Morgan fingerprint density at radius 3 is 2.95 bits per heavy atom. The topological polar surface area (TPSA) is 21.3 Å². The van der Waals surface area contributed by atoms with Crippen molar-refractivity contribution >= 4 is 27.3 Å². The normalized spacial score (nSPS) is 18.3. The van der Waals surface area contributed by atoms with Crippen LogP contribution in [-0.2, 0) is 6.42 Å². The van der Waals surface area contributed by atoms with Crippen LogP contribution >= 0.6 is 27.3 Å². The molecule has 3 rings (SSSR count). The molecule has 0 amide bonds. The first-order valence-electron chi connectivity index (χ1n) is 7.47. The van der Waals surface area contributed by atoms with Gasteiger partial charge in [-0.1, -0.05) is 25.1 Å². The highest BCUT2D eigenvalue weighted by Gasteiger charge is 2.31. The molecular formula is C17H20BrNOS. The Balaban J connectivity index is 1.79. The predicted octanol–water partition coefficient (Wildman–Crippen LogP) is 4.60. The van der Waals surface area contributed by atoms with Crippen LogP contribution < -0.4 is 10.1 Å². The molecule has 0 radical (unpaired) electrons. The molecule has 0 fully saturated rings. The molecule has 0 saturated heterocycles. The van der Waals surface area contributed by atoms with Gasteiger partial charge < -0.3 is 10.1 Å². The van der Waals surface area contributed by atoms with Crippen molar-refractivity contribution in [2.24, 2.45) is 0 Å². The first-order chi connectivity index (χ1) is 10.3. The van der Waals surface area contributed by atoms with E-state index in [1.807, 2.05) is 17.4 Å². The van der Waals surface area contributed by atoms with Gasteiger partial charge in [0.2, 0.25) is 0 Å². The fourth-order valence-electron chi connectivity index (χ4n) is 2.89. The van der Waals surface area contributed by atoms with Crippen LogP contribution in [-0.4, -0.2) is 19.2 Å². The fraction of sp³-hybridized carbons (Fsp3) is 0.412. The van der Waals surface area contributed by atoms with Crippen LogP contribution in [0.1, 0.15) is 29.7 Å². The van der Waals surface area contributed by atoms with Crippen LogP contribution in [0.3, 0.4) is 0 Å². The summed E-state index contributed by atoms with van der Waals surface area (Å²) in [6.07, 6.45) is 2.21. The number of fused-ring (bicyclic) bond motifs is 1. The number of thiophene rings is 1. The lowest BCUT2D eigenvalue weighted by molar-refractivity contribution is 0.297. The molecule has 0 aliphatic carbocycles. The van der Waals surface area contributed by atoms with Gasteiger partial charge in [0, 0.05) is 22.4 Å². The summed E-state index contributed by atoms with van der Waals surface area (Å²) in [4.78, 5) is 1.42. The average Bonchev–Trinajstić information content (AvgIpc) is 3.09. The number of rotatable bonds is 6. The molecule has 0 saturated carbocycles. The molecular weight excluding hydrogens is 346 g/mol. The fourth-order valence-corrected chi connectivity index (χ4v) is 4.43. The molecule has 21 heavy (non-hydrogen) atoms. The molecule has 112 valence electrons. The van der Waals surface area contributed by atoms with Crippen molar-refractivity contribution in [2.45, 2.75) is 31.7 Å². The van der Waals surface area contributed by atoms with E-state index >= 15 is 0 Å². The molecule has 4 heteroatoms. The van der Waals surface area contributed by atoms with Gasteiger partial charge in [-0.05, 0) is 53.5 Å². The van der Waals surface area contributed by atoms with E-state index in [1.165, 1.54) is 14.2 Å². The number of benzene rings is 1. The quantitative estimate of drug-likeness (QED) is 0.807. The van der Waals surface area contributed by atoms with E-state index in [0.29, 0.717) is 12.0 Å². The lowest BCUT2D eigenvalue weighted by Crippen LogP contribution is -2.37. The highest BCUT2D eigenvalue weighted by atomic mass is 79.9. The monoisotopic (exact) mass is 365 g/mol. The van der Waals surface area contributed by atoms with E-state index in [9.17, 15) is 0 Å². The van der Waals surface area contributed by atoms with Gasteiger partial charge in [0.15, 0.2) is 0 Å². The molecule has 0 spiro atoms. The lowest BCUT2D eigenvalue weighted by atomic mass is 9.90. The van der Waals surface area contributed by atoms with Crippen molar-refractivity contribution in [3.05, 3.63) is 50.6 Å². The van der Waals surface area contributed by atoms with Gasteiger partial charge in [0.25, 0.3) is 0 Å². The standard InChI is InChI=1S/C17H20BrNOS/c1-2-9-19-15(10-12-7-8-17(18)21-12)14-11-20-16-6-4-3-5-13(14)16/h3-8,14-15,19H,2,9-11H2,1H3. The Hall–Kier alpha value is -0.840. The molecule has 1 aliphatic rings. The zero-order valence-corrected chi connectivity index (χ0v) is 14.5. The SMILES string of the molecule is CCCNC(Cc1ccc(Br)s1)C1COc2ccccc21. The van der Waals surface area contributed by atoms with Gasteiger partial charge >= 0.3 is 0 Å². The molecule has 2 atom stereocenters. The average molecular weight is 366 g/mol. The number of para-hydroxylation sites is 1. The summed E-state index contributed by atoms with van der Waals surface area (Å²) in [5.41, 5.74) is 1.35. The Kier molecular flexibility index (Phi) is 4.99. The molecule has 2 unspecified atom stereocenters. The minimum atomic E-state index is 0.430. The second-order valence-electron chi connectivity index (χ2n) is 5.43. The van der Waals surface area contributed by atoms with Crippen molar-refractivity contribution in [2.75, 3.05) is 13.2 Å². The van der Waals surface area contributed by atoms with E-state index in [1.54, 1.807) is 0 Å². The smallest absolute Gasteiger partial charge is 0.122 e. The minimum Gasteiger partial charge on any atom is -0.493 e. The number of hydrogen-bond donors (Lipinski definition) is 1. The van der Waals surface area contributed by atoms with Crippen LogP contribution in [0.5, 0.6) is 5.75 Å². The molecule has 1 N–H and O–H groups in total. The summed E-state index contributed by atoms with van der Waals surface area (Å²) < 4.78 is 7.07. The summed E-state index contributed by atoms with van der Waals surface area (Å²) in [6, 6.07) is 13.2. The van der Waals surface area contributed by atoms with Gasteiger partial charge in [-0.3, -0.25) is 0 Å². The summed E-state index contributed by atoms with van der Waals surface area (Å²) >= 11 is 5.38. The van der Waals surface area contributed by atoms with Gasteiger partial charge in [0.05, 0.1) is 10.4 Å². The van der Waals surface area contributed by atoms with Gasteiger partial charge in [-0.15, -0.1) is 11.3 Å². The zero-order chi connectivity index (χ0) is 14.7. The third-order valence-corrected chi connectivity index (χ3v) is 5.58. The van der Waals surface area contributed by atoms with Crippen LogP contribution in [0.25, 0.3) is 0 Å². The Morgan fingerprint density at radius 1 is 1.33 bits per heavy atom. The molecule has 0 bridgehead atoms. The predicted molar refractivity (Wildman–Crippen MR) is 92.5 cm³/mol. The maximum atomic E-state index is 5.87. The zero-order valence-electron chi connectivity index (χ0n) is 12.1. The van der Waals surface area contributed by atoms with E-state index in [2.05, 4.69) is 58.5 Å². The third-order valence-electron chi connectivity index (χ3n) is 3.93. The maximum absolute atomic E-state index is 5.87. The highest BCUT2D eigenvalue weighted by Crippen LogP contribution is 2.37. The van der Waals surface area contributed by atoms with E-state index in [4.69, 9.17) is 4.74 Å². The largest absolute Gasteiger partial charge is 0.493 e. The highest BCUT2D eigenvalue weighted by molar-refractivity contribution is 9.11. The van der Waals surface area contributed by atoms with Crippen molar-refractivity contribution in [3.63, 3.8) is 0 Å². The van der Waals surface area contributed by atoms with Crippen LogP contribution in [0.2, 0.25) is 0 Å². The number of ether oxygens (including phenoxy) is 1. The number of halogens is 1. The summed E-state index contributed by atoms with van der Waals surface area (Å²) in [5.74, 6) is 1.49. The Labute approximate surface area is 138 Å². The molecule has 1 aromatic heterocycles. The van der Waals surface area contributed by atoms with Crippen LogP contribution in [0.4, 0.5) is 0 Å². The molecule has 1 aromatic carbocycles. The van der Waals surface area contributed by atoms with Gasteiger partial charge in [0.1, 0.15) is 5.75 Å². The van der Waals surface area contributed by atoms with Crippen molar-refractivity contribution in [1.82, 2.24) is 5.32 Å². The number of hydrogen-bond acceptors (Lipinski definition) is 3. The second kappa shape index (κ2) is 6.95. The van der Waals surface area contributed by atoms with Crippen molar-refractivity contribution in [1.29, 1.82) is 0 Å². The van der Waals surface area contributed by atoms with Crippen molar-refractivity contribution in [3.8, 4) is 5.75 Å². The first kappa shape index (κ1) is 15.1. The summed E-state index contributed by atoms with van der Waals surface area (Å²) in [6.45, 7) is 4.05. The molecule has 2 nitrogen and oxygen atoms in total. The van der Waals surface area contributed by atoms with Crippen molar-refractivity contribution < 1.29 is 4.74 Å². The Morgan fingerprint density at radius 2 is 2.19 bits per heavy atom. The number of nitrogens with one attached hydrogen (secondary N) is 1. The second-order valence-corrected chi connectivity index (χ2v) is 7.97. The minimum absolute atomic E-state index is 0.430. The Bertz CT molecular complexity index is 598. The van der Waals surface area contributed by atoms with E-state index < -0.39 is 0 Å². The maximum Gasteiger partial charge on any atom is 0.122 e. The first-order valence-corrected chi connectivity index (χ1v) is 9.08. The lowest BCUT2D eigenvalue weighted by Gasteiger charge is -2.23. The van der Waals surface area contributed by atoms with Crippen LogP contribution in [0, 0.1) is 0 Å². The summed E-state index contributed by atoms with van der Waals surface area (Å²) in [5, 5.41) is 3.72. The molecule has 1 aliphatic heterocycles. The van der Waals surface area contributed by atoms with Gasteiger partial charge in [-0.25, -0.2) is 0 Å².